The number of nitrogens with one attached hydrogen (secondary N) is 1. The number of aromatic nitrogens is 2. The number of nitrogens with zero attached hydrogens (tertiary/aromatic N) is 2. The molecule has 4 rings (SSSR count). The van der Waals surface area contributed by atoms with E-state index in [9.17, 15) is 18.0 Å². The quantitative estimate of drug-likeness (QED) is 0.452. The van der Waals surface area contributed by atoms with E-state index in [1.165, 1.54) is 18.5 Å². The molecular formula is C23H16F3N3O2. The highest BCUT2D eigenvalue weighted by atomic mass is 19.4. The van der Waals surface area contributed by atoms with Gasteiger partial charge in [-0.15, -0.1) is 0 Å². The fraction of sp³-hybridized carbons (Fsp3) is 0.0870. The van der Waals surface area contributed by atoms with E-state index in [0.717, 1.165) is 23.0 Å². The summed E-state index contributed by atoms with van der Waals surface area (Å²) in [5.41, 5.74) is 1.04. The lowest BCUT2D eigenvalue weighted by atomic mass is 10.1. The van der Waals surface area contributed by atoms with Gasteiger partial charge >= 0.3 is 6.18 Å². The highest BCUT2D eigenvalue weighted by molar-refractivity contribution is 5.92. The van der Waals surface area contributed by atoms with Gasteiger partial charge in [0.1, 0.15) is 12.1 Å². The third kappa shape index (κ3) is 4.98. The van der Waals surface area contributed by atoms with E-state index in [1.54, 1.807) is 24.3 Å². The largest absolute Gasteiger partial charge is 0.438 e. The first kappa shape index (κ1) is 20.3. The lowest BCUT2D eigenvalue weighted by Gasteiger charge is -2.10. The number of carbonyl (C=O) groups is 1. The second-order valence-electron chi connectivity index (χ2n) is 6.74. The van der Waals surface area contributed by atoms with Gasteiger partial charge in [0.15, 0.2) is 0 Å². The van der Waals surface area contributed by atoms with Crippen molar-refractivity contribution in [3.8, 4) is 11.6 Å². The average molecular weight is 423 g/mol. The van der Waals surface area contributed by atoms with E-state index in [-0.39, 0.29) is 12.3 Å². The SMILES string of the molecule is O=C(Cc1ccc(C(F)(F)F)cc1)Nc1ccc(Oc2ncnc3ccccc23)cc1. The number of halogens is 3. The number of hydrogen-bond acceptors (Lipinski definition) is 4. The topological polar surface area (TPSA) is 64.1 Å². The molecule has 1 aromatic heterocycles. The molecule has 0 saturated heterocycles. The molecule has 8 heteroatoms. The van der Waals surface area contributed by atoms with Gasteiger partial charge in [0.2, 0.25) is 11.8 Å². The van der Waals surface area contributed by atoms with Crippen molar-refractivity contribution in [1.82, 2.24) is 9.97 Å². The minimum absolute atomic E-state index is 0.0384. The second kappa shape index (κ2) is 8.43. The first-order chi connectivity index (χ1) is 14.9. The van der Waals surface area contributed by atoms with Crippen molar-refractivity contribution >= 4 is 22.5 Å². The molecule has 0 saturated carbocycles. The molecule has 1 N–H and O–H groups in total. The van der Waals surface area contributed by atoms with Gasteiger partial charge in [-0.25, -0.2) is 9.97 Å². The summed E-state index contributed by atoms with van der Waals surface area (Å²) in [6, 6.07) is 18.7. The molecule has 0 atom stereocenters. The number of rotatable bonds is 5. The van der Waals surface area contributed by atoms with Crippen LogP contribution in [0.3, 0.4) is 0 Å². The predicted octanol–water partition coefficient (Wildman–Crippen LogP) is 5.62. The first-order valence-electron chi connectivity index (χ1n) is 9.32. The van der Waals surface area contributed by atoms with Crippen molar-refractivity contribution in [3.63, 3.8) is 0 Å². The van der Waals surface area contributed by atoms with Gasteiger partial charge in [0.25, 0.3) is 0 Å². The number of alkyl halides is 3. The summed E-state index contributed by atoms with van der Waals surface area (Å²) >= 11 is 0. The van der Waals surface area contributed by atoms with Crippen LogP contribution >= 0.6 is 0 Å². The zero-order chi connectivity index (χ0) is 21.8. The summed E-state index contributed by atoms with van der Waals surface area (Å²) < 4.78 is 43.7. The maximum absolute atomic E-state index is 12.6. The summed E-state index contributed by atoms with van der Waals surface area (Å²) in [5, 5.41) is 3.49. The molecule has 0 aliphatic carbocycles. The van der Waals surface area contributed by atoms with Crippen LogP contribution in [0.1, 0.15) is 11.1 Å². The van der Waals surface area contributed by atoms with E-state index in [1.807, 2.05) is 24.3 Å². The predicted molar refractivity (Wildman–Crippen MR) is 110 cm³/mol. The third-order valence-corrected chi connectivity index (χ3v) is 4.50. The molecule has 0 bridgehead atoms. The van der Waals surface area contributed by atoms with Crippen molar-refractivity contribution in [2.24, 2.45) is 0 Å². The lowest BCUT2D eigenvalue weighted by molar-refractivity contribution is -0.137. The Kier molecular flexibility index (Phi) is 5.53. The fourth-order valence-corrected chi connectivity index (χ4v) is 2.98. The molecule has 0 radical (unpaired) electrons. The smallest absolute Gasteiger partial charge is 0.416 e. The van der Waals surface area contributed by atoms with Crippen molar-refractivity contribution in [3.05, 3.63) is 90.3 Å². The Hall–Kier alpha value is -3.94. The van der Waals surface area contributed by atoms with Crippen LogP contribution in [0.25, 0.3) is 10.9 Å². The summed E-state index contributed by atoms with van der Waals surface area (Å²) in [6.07, 6.45) is -3.01. The van der Waals surface area contributed by atoms with Crippen molar-refractivity contribution in [2.75, 3.05) is 5.32 Å². The third-order valence-electron chi connectivity index (χ3n) is 4.50. The number of ether oxygens (including phenoxy) is 1. The van der Waals surface area contributed by atoms with E-state index in [4.69, 9.17) is 4.74 Å². The zero-order valence-electron chi connectivity index (χ0n) is 16.1. The Morgan fingerprint density at radius 1 is 0.903 bits per heavy atom. The van der Waals surface area contributed by atoms with Crippen LogP contribution in [0.15, 0.2) is 79.1 Å². The van der Waals surface area contributed by atoms with Crippen LogP contribution in [0.5, 0.6) is 11.6 Å². The van der Waals surface area contributed by atoms with Gasteiger partial charge < -0.3 is 10.1 Å². The fourth-order valence-electron chi connectivity index (χ4n) is 2.98. The number of benzene rings is 3. The van der Waals surface area contributed by atoms with Crippen LogP contribution < -0.4 is 10.1 Å². The summed E-state index contributed by atoms with van der Waals surface area (Å²) in [5.74, 6) is 0.615. The van der Waals surface area contributed by atoms with E-state index < -0.39 is 11.7 Å². The van der Waals surface area contributed by atoms with Crippen molar-refractivity contribution in [1.29, 1.82) is 0 Å². The van der Waals surface area contributed by atoms with Crippen LogP contribution in [0.4, 0.5) is 18.9 Å². The maximum atomic E-state index is 12.6. The first-order valence-corrected chi connectivity index (χ1v) is 9.32. The molecular weight excluding hydrogens is 407 g/mol. The molecule has 0 aliphatic rings. The molecule has 3 aromatic carbocycles. The van der Waals surface area contributed by atoms with Gasteiger partial charge in [0, 0.05) is 5.69 Å². The minimum Gasteiger partial charge on any atom is -0.438 e. The van der Waals surface area contributed by atoms with Gasteiger partial charge in [-0.3, -0.25) is 4.79 Å². The van der Waals surface area contributed by atoms with Crippen molar-refractivity contribution < 1.29 is 22.7 Å². The van der Waals surface area contributed by atoms with Crippen LogP contribution in [-0.4, -0.2) is 15.9 Å². The average Bonchev–Trinajstić information content (AvgIpc) is 2.75. The molecule has 5 nitrogen and oxygen atoms in total. The lowest BCUT2D eigenvalue weighted by Crippen LogP contribution is -2.14. The van der Waals surface area contributed by atoms with E-state index in [0.29, 0.717) is 22.9 Å². The summed E-state index contributed by atoms with van der Waals surface area (Å²) in [4.78, 5) is 20.6. The Balaban J connectivity index is 1.38. The van der Waals surface area contributed by atoms with Crippen LogP contribution in [0.2, 0.25) is 0 Å². The van der Waals surface area contributed by atoms with Crippen LogP contribution in [-0.2, 0) is 17.4 Å². The van der Waals surface area contributed by atoms with Crippen LogP contribution in [0, 0.1) is 0 Å². The highest BCUT2D eigenvalue weighted by Crippen LogP contribution is 2.29. The minimum atomic E-state index is -4.40. The molecule has 1 amide bonds. The summed E-state index contributed by atoms with van der Waals surface area (Å²) in [6.45, 7) is 0. The molecule has 1 heterocycles. The standard InChI is InChI=1S/C23H16F3N3O2/c24-23(25,26)16-7-5-15(6-8-16)13-21(30)29-17-9-11-18(12-10-17)31-22-19-3-1-2-4-20(19)27-14-28-22/h1-12,14H,13H2,(H,29,30). The Morgan fingerprint density at radius 3 is 2.32 bits per heavy atom. The van der Waals surface area contributed by atoms with Gasteiger partial charge in [-0.1, -0.05) is 24.3 Å². The molecule has 31 heavy (non-hydrogen) atoms. The van der Waals surface area contributed by atoms with Gasteiger partial charge in [0.05, 0.1) is 22.9 Å². The maximum Gasteiger partial charge on any atom is 0.416 e. The number of para-hydroxylation sites is 1. The monoisotopic (exact) mass is 423 g/mol. The van der Waals surface area contributed by atoms with Gasteiger partial charge in [-0.05, 0) is 54.1 Å². The number of hydrogen-bond donors (Lipinski definition) is 1. The molecule has 0 fully saturated rings. The Labute approximate surface area is 175 Å². The highest BCUT2D eigenvalue weighted by Gasteiger charge is 2.29. The number of fused-ring (bicyclic) bond motifs is 1. The zero-order valence-corrected chi connectivity index (χ0v) is 16.1. The Morgan fingerprint density at radius 2 is 1.61 bits per heavy atom. The molecule has 4 aromatic rings. The molecule has 0 unspecified atom stereocenters. The molecule has 0 aliphatic heterocycles. The van der Waals surface area contributed by atoms with E-state index >= 15 is 0 Å². The normalized spacial score (nSPS) is 11.3. The van der Waals surface area contributed by atoms with Crippen molar-refractivity contribution in [2.45, 2.75) is 12.6 Å². The molecule has 156 valence electrons. The van der Waals surface area contributed by atoms with E-state index in [2.05, 4.69) is 15.3 Å². The number of anilines is 1. The second-order valence-corrected chi connectivity index (χ2v) is 6.74. The summed E-state index contributed by atoms with van der Waals surface area (Å²) in [7, 11) is 0. The number of amides is 1. The molecule has 0 spiro atoms. The Bertz CT molecular complexity index is 1200. The van der Waals surface area contributed by atoms with Gasteiger partial charge in [-0.2, -0.15) is 13.2 Å². The number of carbonyl (C=O) groups excluding carboxylic acids is 1.